The van der Waals surface area contributed by atoms with E-state index in [9.17, 15) is 0 Å². The monoisotopic (exact) mass is 162 g/mol. The Morgan fingerprint density at radius 2 is 2.25 bits per heavy atom. The van der Waals surface area contributed by atoms with E-state index in [0.717, 1.165) is 16.8 Å². The molecular weight excluding hydrogens is 152 g/mol. The van der Waals surface area contributed by atoms with Gasteiger partial charge in [0, 0.05) is 6.20 Å². The Kier molecular flexibility index (Phi) is 1.50. The first-order valence-corrected chi connectivity index (χ1v) is 3.80. The van der Waals surface area contributed by atoms with Crippen LogP contribution in [0.4, 0.5) is 0 Å². The third kappa shape index (κ3) is 0.863. The number of hydrogen-bond acceptors (Lipinski definition) is 2. The molecule has 0 atom stereocenters. The first kappa shape index (κ1) is 7.16. The van der Waals surface area contributed by atoms with Gasteiger partial charge in [-0.05, 0) is 24.6 Å². The Labute approximate surface area is 70.6 Å². The average molecular weight is 162 g/mol. The van der Waals surface area contributed by atoms with E-state index in [1.54, 1.807) is 17.8 Å². The fourth-order valence-electron chi connectivity index (χ4n) is 1.34. The normalized spacial score (nSPS) is 10.5. The molecule has 2 aromatic heterocycles. The quantitative estimate of drug-likeness (QED) is 0.637. The van der Waals surface area contributed by atoms with E-state index >= 15 is 0 Å². The third-order valence-corrected chi connectivity index (χ3v) is 1.93. The van der Waals surface area contributed by atoms with Gasteiger partial charge in [-0.1, -0.05) is 0 Å². The molecular formula is C9H10N2O. The van der Waals surface area contributed by atoms with Gasteiger partial charge in [0.05, 0.1) is 13.3 Å². The number of aromatic nitrogens is 2. The molecule has 2 rings (SSSR count). The number of pyridine rings is 1. The molecule has 0 spiro atoms. The highest BCUT2D eigenvalue weighted by Crippen LogP contribution is 2.22. The predicted octanol–water partition coefficient (Wildman–Crippen LogP) is 1.65. The number of ether oxygens (including phenoxy) is 1. The molecule has 0 unspecified atom stereocenters. The second-order valence-corrected chi connectivity index (χ2v) is 2.69. The second kappa shape index (κ2) is 2.52. The highest BCUT2D eigenvalue weighted by molar-refractivity contribution is 5.62. The molecule has 0 aromatic carbocycles. The van der Waals surface area contributed by atoms with E-state index in [4.69, 9.17) is 4.74 Å². The van der Waals surface area contributed by atoms with Crippen LogP contribution in [0.2, 0.25) is 0 Å². The average Bonchev–Trinajstić information content (AvgIpc) is 2.52. The SMILES string of the molecule is COc1c(C)ccn2nccc12. The summed E-state index contributed by atoms with van der Waals surface area (Å²) in [6.07, 6.45) is 3.68. The predicted molar refractivity (Wildman–Crippen MR) is 46.5 cm³/mol. The van der Waals surface area contributed by atoms with Crippen LogP contribution in [0, 0.1) is 6.92 Å². The van der Waals surface area contributed by atoms with Gasteiger partial charge in [-0.2, -0.15) is 5.10 Å². The van der Waals surface area contributed by atoms with Crippen molar-refractivity contribution in [3.05, 3.63) is 30.1 Å². The fourth-order valence-corrected chi connectivity index (χ4v) is 1.34. The van der Waals surface area contributed by atoms with Gasteiger partial charge >= 0.3 is 0 Å². The highest BCUT2D eigenvalue weighted by atomic mass is 16.5. The van der Waals surface area contributed by atoms with Gasteiger partial charge in [0.2, 0.25) is 0 Å². The van der Waals surface area contributed by atoms with Gasteiger partial charge in [0.15, 0.2) is 0 Å². The number of hydrogen-bond donors (Lipinski definition) is 0. The van der Waals surface area contributed by atoms with Crippen LogP contribution < -0.4 is 4.74 Å². The maximum Gasteiger partial charge on any atom is 0.147 e. The summed E-state index contributed by atoms with van der Waals surface area (Å²) in [6, 6.07) is 3.92. The van der Waals surface area contributed by atoms with Crippen LogP contribution in [-0.4, -0.2) is 16.7 Å². The number of nitrogens with zero attached hydrogens (tertiary/aromatic N) is 2. The molecule has 0 amide bonds. The van der Waals surface area contributed by atoms with Crippen LogP contribution in [0.5, 0.6) is 5.75 Å². The molecule has 0 fully saturated rings. The van der Waals surface area contributed by atoms with Gasteiger partial charge in [-0.25, -0.2) is 4.52 Å². The molecule has 2 aromatic rings. The van der Waals surface area contributed by atoms with E-state index < -0.39 is 0 Å². The van der Waals surface area contributed by atoms with Crippen LogP contribution in [0.25, 0.3) is 5.52 Å². The maximum atomic E-state index is 5.26. The minimum atomic E-state index is 0.898. The standard InChI is InChI=1S/C9H10N2O/c1-7-4-6-11-8(3-5-10-11)9(7)12-2/h3-6H,1-2H3. The van der Waals surface area contributed by atoms with Crippen molar-refractivity contribution in [3.8, 4) is 5.75 Å². The van der Waals surface area contributed by atoms with Crippen molar-refractivity contribution >= 4 is 5.52 Å². The summed E-state index contributed by atoms with van der Waals surface area (Å²) in [5, 5.41) is 4.11. The lowest BCUT2D eigenvalue weighted by atomic mass is 10.2. The van der Waals surface area contributed by atoms with E-state index in [1.165, 1.54) is 0 Å². The minimum absolute atomic E-state index is 0.898. The molecule has 3 nitrogen and oxygen atoms in total. The Balaban J connectivity index is 2.83. The zero-order chi connectivity index (χ0) is 8.55. The molecule has 0 aliphatic carbocycles. The van der Waals surface area contributed by atoms with Crippen LogP contribution in [-0.2, 0) is 0 Å². The van der Waals surface area contributed by atoms with Crippen LogP contribution >= 0.6 is 0 Å². The molecule has 3 heteroatoms. The van der Waals surface area contributed by atoms with Crippen LogP contribution in [0.15, 0.2) is 24.5 Å². The lowest BCUT2D eigenvalue weighted by molar-refractivity contribution is 0.414. The van der Waals surface area contributed by atoms with Gasteiger partial charge in [0.25, 0.3) is 0 Å². The molecule has 0 N–H and O–H groups in total. The molecule has 0 aliphatic rings. The third-order valence-electron chi connectivity index (χ3n) is 1.93. The first-order valence-electron chi connectivity index (χ1n) is 3.80. The summed E-state index contributed by atoms with van der Waals surface area (Å²) in [4.78, 5) is 0. The highest BCUT2D eigenvalue weighted by Gasteiger charge is 2.03. The van der Waals surface area contributed by atoms with Crippen LogP contribution in [0.3, 0.4) is 0 Å². The number of rotatable bonds is 1. The minimum Gasteiger partial charge on any atom is -0.494 e. The molecule has 0 bridgehead atoms. The topological polar surface area (TPSA) is 26.5 Å². The lowest BCUT2D eigenvalue weighted by Gasteiger charge is -2.05. The molecule has 0 radical (unpaired) electrons. The smallest absolute Gasteiger partial charge is 0.147 e. The van der Waals surface area contributed by atoms with Crippen molar-refractivity contribution in [2.75, 3.05) is 7.11 Å². The molecule has 2 heterocycles. The fraction of sp³-hybridized carbons (Fsp3) is 0.222. The zero-order valence-electron chi connectivity index (χ0n) is 7.11. The number of methoxy groups -OCH3 is 1. The van der Waals surface area contributed by atoms with Crippen molar-refractivity contribution in [2.45, 2.75) is 6.92 Å². The van der Waals surface area contributed by atoms with Crippen molar-refractivity contribution in [1.29, 1.82) is 0 Å². The number of aryl methyl sites for hydroxylation is 1. The molecule has 0 saturated heterocycles. The summed E-state index contributed by atoms with van der Waals surface area (Å²) in [5.41, 5.74) is 2.14. The van der Waals surface area contributed by atoms with Crippen molar-refractivity contribution in [2.24, 2.45) is 0 Å². The zero-order valence-corrected chi connectivity index (χ0v) is 7.11. The van der Waals surface area contributed by atoms with Crippen molar-refractivity contribution < 1.29 is 4.74 Å². The summed E-state index contributed by atoms with van der Waals surface area (Å²) in [6.45, 7) is 2.02. The van der Waals surface area contributed by atoms with Gasteiger partial charge < -0.3 is 4.74 Å². The van der Waals surface area contributed by atoms with E-state index in [-0.39, 0.29) is 0 Å². The Hall–Kier alpha value is -1.51. The Morgan fingerprint density at radius 1 is 1.42 bits per heavy atom. The molecule has 0 saturated carbocycles. The van der Waals surface area contributed by atoms with Gasteiger partial charge in [-0.3, -0.25) is 0 Å². The maximum absolute atomic E-state index is 5.26. The van der Waals surface area contributed by atoms with E-state index in [0.29, 0.717) is 0 Å². The van der Waals surface area contributed by atoms with E-state index in [2.05, 4.69) is 5.10 Å². The lowest BCUT2D eigenvalue weighted by Crippen LogP contribution is -1.93. The Bertz CT molecular complexity index is 406. The van der Waals surface area contributed by atoms with Gasteiger partial charge in [0.1, 0.15) is 11.3 Å². The van der Waals surface area contributed by atoms with Crippen molar-refractivity contribution in [1.82, 2.24) is 9.61 Å². The summed E-state index contributed by atoms with van der Waals surface area (Å²) in [5.74, 6) is 0.898. The van der Waals surface area contributed by atoms with E-state index in [1.807, 2.05) is 25.3 Å². The van der Waals surface area contributed by atoms with Crippen LogP contribution in [0.1, 0.15) is 5.56 Å². The summed E-state index contributed by atoms with van der Waals surface area (Å²) < 4.78 is 7.05. The molecule has 62 valence electrons. The largest absolute Gasteiger partial charge is 0.494 e. The second-order valence-electron chi connectivity index (χ2n) is 2.69. The molecule has 0 aliphatic heterocycles. The first-order chi connectivity index (χ1) is 5.83. The van der Waals surface area contributed by atoms with Crippen molar-refractivity contribution in [3.63, 3.8) is 0 Å². The van der Waals surface area contributed by atoms with Gasteiger partial charge in [-0.15, -0.1) is 0 Å². The Morgan fingerprint density at radius 3 is 3.00 bits per heavy atom. The molecule has 12 heavy (non-hydrogen) atoms. The number of fused-ring (bicyclic) bond motifs is 1. The summed E-state index contributed by atoms with van der Waals surface area (Å²) in [7, 11) is 1.68. The summed E-state index contributed by atoms with van der Waals surface area (Å²) >= 11 is 0.